The van der Waals surface area contributed by atoms with Crippen LogP contribution in [0, 0.1) is 0 Å². The Balaban J connectivity index is 4.30. The van der Waals surface area contributed by atoms with Crippen LogP contribution in [0.2, 0.25) is 0 Å². The lowest BCUT2D eigenvalue weighted by Gasteiger charge is -2.18. The summed E-state index contributed by atoms with van der Waals surface area (Å²) in [5.41, 5.74) is 0. The van der Waals surface area contributed by atoms with Gasteiger partial charge in [-0.25, -0.2) is 0 Å². The van der Waals surface area contributed by atoms with Gasteiger partial charge >= 0.3 is 17.9 Å². The Hall–Kier alpha value is -1.59. The summed E-state index contributed by atoms with van der Waals surface area (Å²) in [6, 6.07) is 0. The predicted octanol–water partition coefficient (Wildman–Crippen LogP) is 15.6. The van der Waals surface area contributed by atoms with E-state index in [-0.39, 0.29) is 31.1 Å². The second-order valence-corrected chi connectivity index (χ2v) is 16.7. The van der Waals surface area contributed by atoms with Gasteiger partial charge in [0.2, 0.25) is 0 Å². The van der Waals surface area contributed by atoms with Crippen molar-refractivity contribution in [1.82, 2.24) is 0 Å². The largest absolute Gasteiger partial charge is 0.462 e. The smallest absolute Gasteiger partial charge is 0.306 e. The topological polar surface area (TPSA) is 78.9 Å². The van der Waals surface area contributed by atoms with E-state index in [9.17, 15) is 14.4 Å². The van der Waals surface area contributed by atoms with Crippen LogP contribution < -0.4 is 0 Å². The molecule has 1 atom stereocenters. The first-order valence-corrected chi connectivity index (χ1v) is 24.5. The normalized spacial score (nSPS) is 11.8. The highest BCUT2D eigenvalue weighted by molar-refractivity contribution is 5.71. The first kappa shape index (κ1) is 53.4. The molecule has 0 unspecified atom stereocenters. The first-order chi connectivity index (χ1) is 27.0. The van der Waals surface area contributed by atoms with Gasteiger partial charge in [0.1, 0.15) is 13.2 Å². The zero-order valence-corrected chi connectivity index (χ0v) is 37.2. The maximum Gasteiger partial charge on any atom is 0.306 e. The summed E-state index contributed by atoms with van der Waals surface area (Å²) in [7, 11) is 0. The summed E-state index contributed by atoms with van der Waals surface area (Å²) < 4.78 is 16.7. The average molecular weight is 779 g/mol. The standard InChI is InChI=1S/C49H94O6/c1-4-7-10-13-16-19-22-24-25-26-28-31-34-37-40-43-49(52)55-46(44-53-47(50)41-38-35-32-29-21-18-15-12-9-6-3)45-54-48(51)42-39-36-33-30-27-23-20-17-14-11-8-5-2/h46H,4-45H2,1-3H3/t46-/m0/s1. The Morgan fingerprint density at radius 2 is 0.491 bits per heavy atom. The fraction of sp³-hybridized carbons (Fsp3) is 0.939. The summed E-state index contributed by atoms with van der Waals surface area (Å²) in [6.45, 7) is 6.65. The lowest BCUT2D eigenvalue weighted by molar-refractivity contribution is -0.167. The third-order valence-electron chi connectivity index (χ3n) is 11.1. The number of hydrogen-bond donors (Lipinski definition) is 0. The van der Waals surface area contributed by atoms with E-state index in [4.69, 9.17) is 14.2 Å². The van der Waals surface area contributed by atoms with E-state index in [2.05, 4.69) is 20.8 Å². The molecule has 0 fully saturated rings. The van der Waals surface area contributed by atoms with Crippen molar-refractivity contribution in [2.24, 2.45) is 0 Å². The van der Waals surface area contributed by atoms with Gasteiger partial charge in [0.25, 0.3) is 0 Å². The molecule has 0 bridgehead atoms. The maximum absolute atomic E-state index is 12.7. The molecule has 0 saturated heterocycles. The van der Waals surface area contributed by atoms with Crippen LogP contribution in [0.1, 0.15) is 278 Å². The van der Waals surface area contributed by atoms with Crippen LogP contribution in [0.15, 0.2) is 0 Å². The van der Waals surface area contributed by atoms with Crippen molar-refractivity contribution >= 4 is 17.9 Å². The van der Waals surface area contributed by atoms with E-state index < -0.39 is 6.10 Å². The molecule has 55 heavy (non-hydrogen) atoms. The molecule has 0 aliphatic carbocycles. The number of rotatable bonds is 45. The average Bonchev–Trinajstić information content (AvgIpc) is 3.18. The van der Waals surface area contributed by atoms with Crippen LogP contribution in [0.5, 0.6) is 0 Å². The van der Waals surface area contributed by atoms with Gasteiger partial charge < -0.3 is 14.2 Å². The van der Waals surface area contributed by atoms with Gasteiger partial charge in [0.05, 0.1) is 0 Å². The van der Waals surface area contributed by atoms with Gasteiger partial charge in [0.15, 0.2) is 6.10 Å². The molecule has 0 aliphatic rings. The Morgan fingerprint density at radius 3 is 0.727 bits per heavy atom. The van der Waals surface area contributed by atoms with E-state index >= 15 is 0 Å². The molecule has 6 nitrogen and oxygen atoms in total. The highest BCUT2D eigenvalue weighted by atomic mass is 16.6. The molecule has 0 saturated carbocycles. The van der Waals surface area contributed by atoms with Crippen LogP contribution in [0.25, 0.3) is 0 Å². The summed E-state index contributed by atoms with van der Waals surface area (Å²) >= 11 is 0. The Labute approximate surface area is 342 Å². The van der Waals surface area contributed by atoms with Crippen molar-refractivity contribution < 1.29 is 28.6 Å². The fourth-order valence-electron chi connectivity index (χ4n) is 7.38. The van der Waals surface area contributed by atoms with Crippen LogP contribution in [0.4, 0.5) is 0 Å². The number of carbonyl (C=O) groups excluding carboxylic acids is 3. The third kappa shape index (κ3) is 43.4. The van der Waals surface area contributed by atoms with E-state index in [1.54, 1.807) is 0 Å². The molecule has 0 amide bonds. The van der Waals surface area contributed by atoms with Gasteiger partial charge in [-0.15, -0.1) is 0 Å². The minimum absolute atomic E-state index is 0.0623. The molecule has 0 rings (SSSR count). The van der Waals surface area contributed by atoms with Crippen LogP contribution in [0.3, 0.4) is 0 Å². The van der Waals surface area contributed by atoms with Crippen LogP contribution in [-0.4, -0.2) is 37.2 Å². The molecular formula is C49H94O6. The third-order valence-corrected chi connectivity index (χ3v) is 11.1. The van der Waals surface area contributed by atoms with Crippen molar-refractivity contribution in [3.63, 3.8) is 0 Å². The van der Waals surface area contributed by atoms with Crippen molar-refractivity contribution in [2.75, 3.05) is 13.2 Å². The minimum atomic E-state index is -0.758. The van der Waals surface area contributed by atoms with Crippen molar-refractivity contribution in [3.8, 4) is 0 Å². The summed E-state index contributed by atoms with van der Waals surface area (Å²) in [5, 5.41) is 0. The van der Waals surface area contributed by atoms with Gasteiger partial charge in [-0.1, -0.05) is 239 Å². The van der Waals surface area contributed by atoms with Crippen molar-refractivity contribution in [2.45, 2.75) is 284 Å². The molecule has 0 spiro atoms. The highest BCUT2D eigenvalue weighted by Crippen LogP contribution is 2.16. The Kier molecular flexibility index (Phi) is 43.8. The van der Waals surface area contributed by atoms with Crippen LogP contribution >= 0.6 is 0 Å². The summed E-state index contributed by atoms with van der Waals surface area (Å²) in [4.78, 5) is 37.8. The molecule has 0 N–H and O–H groups in total. The zero-order valence-electron chi connectivity index (χ0n) is 37.2. The molecule has 0 aromatic carbocycles. The number of carbonyl (C=O) groups is 3. The first-order valence-electron chi connectivity index (χ1n) is 24.5. The lowest BCUT2D eigenvalue weighted by atomic mass is 10.0. The molecule has 0 heterocycles. The van der Waals surface area contributed by atoms with E-state index in [0.717, 1.165) is 57.8 Å². The van der Waals surface area contributed by atoms with Crippen LogP contribution in [-0.2, 0) is 28.6 Å². The minimum Gasteiger partial charge on any atom is -0.462 e. The van der Waals surface area contributed by atoms with E-state index in [1.165, 1.54) is 180 Å². The Bertz CT molecular complexity index is 813. The van der Waals surface area contributed by atoms with Gasteiger partial charge in [-0.2, -0.15) is 0 Å². The van der Waals surface area contributed by atoms with E-state index in [0.29, 0.717) is 19.3 Å². The van der Waals surface area contributed by atoms with Crippen molar-refractivity contribution in [1.29, 1.82) is 0 Å². The second-order valence-electron chi connectivity index (χ2n) is 16.7. The number of esters is 3. The molecule has 0 radical (unpaired) electrons. The highest BCUT2D eigenvalue weighted by Gasteiger charge is 2.19. The maximum atomic E-state index is 12.7. The lowest BCUT2D eigenvalue weighted by Crippen LogP contribution is -2.30. The number of unbranched alkanes of at least 4 members (excludes halogenated alkanes) is 34. The van der Waals surface area contributed by atoms with Gasteiger partial charge in [-0.3, -0.25) is 14.4 Å². The van der Waals surface area contributed by atoms with E-state index in [1.807, 2.05) is 0 Å². The molecule has 0 aromatic rings. The molecule has 326 valence electrons. The number of ether oxygens (including phenoxy) is 3. The summed E-state index contributed by atoms with van der Waals surface area (Å²) in [5.74, 6) is -0.847. The monoisotopic (exact) mass is 779 g/mol. The molecular weight excluding hydrogens is 685 g/mol. The van der Waals surface area contributed by atoms with Gasteiger partial charge in [-0.05, 0) is 19.3 Å². The molecule has 0 aromatic heterocycles. The SMILES string of the molecule is CCCCCCCCCCCCCCCCCC(=O)O[C@@H](COC(=O)CCCCCCCCCCCC)COC(=O)CCCCCCCCCCCCCC. The summed E-state index contributed by atoms with van der Waals surface area (Å²) in [6.07, 6.45) is 46.5. The second kappa shape index (κ2) is 45.1. The fourth-order valence-corrected chi connectivity index (χ4v) is 7.38. The molecule has 0 aliphatic heterocycles. The zero-order chi connectivity index (χ0) is 40.1. The predicted molar refractivity (Wildman–Crippen MR) is 233 cm³/mol. The number of hydrogen-bond acceptors (Lipinski definition) is 6. The molecule has 6 heteroatoms. The van der Waals surface area contributed by atoms with Crippen molar-refractivity contribution in [3.05, 3.63) is 0 Å². The quantitative estimate of drug-likeness (QED) is 0.0348. The Morgan fingerprint density at radius 1 is 0.291 bits per heavy atom. The van der Waals surface area contributed by atoms with Gasteiger partial charge in [0, 0.05) is 19.3 Å².